The van der Waals surface area contributed by atoms with Crippen LogP contribution in [0.1, 0.15) is 36.6 Å². The number of aryl methyl sites for hydroxylation is 1. The SMILES string of the molecule is Cc1cc(CCl)cnc1-n1ccc(C(C)C)n1. The van der Waals surface area contributed by atoms with Gasteiger partial charge in [0.05, 0.1) is 5.69 Å². The lowest BCUT2D eigenvalue weighted by molar-refractivity contribution is 0.754. The second kappa shape index (κ2) is 4.88. The molecule has 90 valence electrons. The molecule has 2 aromatic heterocycles. The summed E-state index contributed by atoms with van der Waals surface area (Å²) in [5.74, 6) is 1.79. The summed E-state index contributed by atoms with van der Waals surface area (Å²) in [6.45, 7) is 6.28. The Labute approximate surface area is 106 Å². The Balaban J connectivity index is 2.38. The first-order valence-electron chi connectivity index (χ1n) is 5.69. The summed E-state index contributed by atoms with van der Waals surface area (Å²) in [6.07, 6.45) is 3.75. The predicted octanol–water partition coefficient (Wildman–Crippen LogP) is 3.44. The van der Waals surface area contributed by atoms with E-state index < -0.39 is 0 Å². The molecule has 3 nitrogen and oxygen atoms in total. The molecule has 0 N–H and O–H groups in total. The number of nitrogens with zero attached hydrogens (tertiary/aromatic N) is 3. The number of halogens is 1. The van der Waals surface area contributed by atoms with E-state index in [2.05, 4.69) is 23.9 Å². The van der Waals surface area contributed by atoms with Crippen molar-refractivity contribution in [3.05, 3.63) is 41.3 Å². The van der Waals surface area contributed by atoms with E-state index in [0.717, 1.165) is 22.6 Å². The molecule has 4 heteroatoms. The third-order valence-corrected chi connectivity index (χ3v) is 2.99. The Kier molecular flexibility index (Phi) is 3.48. The van der Waals surface area contributed by atoms with Crippen molar-refractivity contribution in [1.82, 2.24) is 14.8 Å². The molecule has 0 unspecified atom stereocenters. The molecule has 2 aromatic rings. The lowest BCUT2D eigenvalue weighted by Crippen LogP contribution is -2.03. The van der Waals surface area contributed by atoms with Crippen molar-refractivity contribution in [2.75, 3.05) is 0 Å². The maximum atomic E-state index is 5.78. The molecule has 0 amide bonds. The van der Waals surface area contributed by atoms with Crippen molar-refractivity contribution in [1.29, 1.82) is 0 Å². The van der Waals surface area contributed by atoms with Crippen molar-refractivity contribution in [3.8, 4) is 5.82 Å². The van der Waals surface area contributed by atoms with E-state index in [9.17, 15) is 0 Å². The molecule has 0 aliphatic carbocycles. The van der Waals surface area contributed by atoms with Gasteiger partial charge in [-0.25, -0.2) is 9.67 Å². The monoisotopic (exact) mass is 249 g/mol. The predicted molar refractivity (Wildman–Crippen MR) is 69.7 cm³/mol. The van der Waals surface area contributed by atoms with Gasteiger partial charge in [-0.1, -0.05) is 13.8 Å². The van der Waals surface area contributed by atoms with Crippen molar-refractivity contribution >= 4 is 11.6 Å². The molecule has 2 heterocycles. The Bertz CT molecular complexity index is 517. The number of alkyl halides is 1. The maximum Gasteiger partial charge on any atom is 0.156 e. The van der Waals surface area contributed by atoms with E-state index in [-0.39, 0.29) is 0 Å². The molecule has 0 aliphatic heterocycles. The Morgan fingerprint density at radius 2 is 2.18 bits per heavy atom. The van der Waals surface area contributed by atoms with E-state index in [1.807, 2.05) is 29.9 Å². The van der Waals surface area contributed by atoms with Crippen molar-refractivity contribution in [2.24, 2.45) is 0 Å². The zero-order valence-corrected chi connectivity index (χ0v) is 11.1. The molecular formula is C13H16ClN3. The van der Waals surface area contributed by atoms with Crippen LogP contribution < -0.4 is 0 Å². The fraction of sp³-hybridized carbons (Fsp3) is 0.385. The Hall–Kier alpha value is -1.35. The van der Waals surface area contributed by atoms with Crippen LogP contribution in [0, 0.1) is 6.92 Å². The number of hydrogen-bond donors (Lipinski definition) is 0. The van der Waals surface area contributed by atoms with Crippen LogP contribution in [0.15, 0.2) is 24.5 Å². The van der Waals surface area contributed by atoms with Crippen LogP contribution in [-0.2, 0) is 5.88 Å². The van der Waals surface area contributed by atoms with Crippen LogP contribution in [0.3, 0.4) is 0 Å². The fourth-order valence-corrected chi connectivity index (χ4v) is 1.85. The van der Waals surface area contributed by atoms with Crippen molar-refractivity contribution in [2.45, 2.75) is 32.6 Å². The smallest absolute Gasteiger partial charge is 0.156 e. The second-order valence-corrected chi connectivity index (χ2v) is 4.72. The highest BCUT2D eigenvalue weighted by Crippen LogP contribution is 2.16. The van der Waals surface area contributed by atoms with E-state index in [0.29, 0.717) is 11.8 Å². The molecule has 0 fully saturated rings. The normalized spacial score (nSPS) is 11.1. The van der Waals surface area contributed by atoms with Gasteiger partial charge >= 0.3 is 0 Å². The maximum absolute atomic E-state index is 5.78. The number of rotatable bonds is 3. The molecule has 0 atom stereocenters. The fourth-order valence-electron chi connectivity index (χ4n) is 1.70. The van der Waals surface area contributed by atoms with Gasteiger partial charge in [-0.3, -0.25) is 0 Å². The van der Waals surface area contributed by atoms with Gasteiger partial charge in [-0.05, 0) is 36.1 Å². The molecule has 2 rings (SSSR count). The standard InChI is InChI=1S/C13H16ClN3/c1-9(2)12-4-5-17(16-12)13-10(3)6-11(7-14)8-15-13/h4-6,8-9H,7H2,1-3H3. The molecule has 0 radical (unpaired) electrons. The largest absolute Gasteiger partial charge is 0.237 e. The van der Waals surface area contributed by atoms with Crippen LogP contribution in [0.4, 0.5) is 0 Å². The first-order valence-corrected chi connectivity index (χ1v) is 6.22. The molecule has 0 aromatic carbocycles. The van der Waals surface area contributed by atoms with E-state index in [1.54, 1.807) is 6.20 Å². The highest BCUT2D eigenvalue weighted by Gasteiger charge is 2.08. The molecule has 0 bridgehead atoms. The summed E-state index contributed by atoms with van der Waals surface area (Å²) >= 11 is 5.78. The Morgan fingerprint density at radius 1 is 1.41 bits per heavy atom. The van der Waals surface area contributed by atoms with Crippen LogP contribution in [0.2, 0.25) is 0 Å². The summed E-state index contributed by atoms with van der Waals surface area (Å²) in [5.41, 5.74) is 3.19. The summed E-state index contributed by atoms with van der Waals surface area (Å²) in [6, 6.07) is 4.08. The van der Waals surface area contributed by atoms with E-state index in [1.165, 1.54) is 0 Å². The lowest BCUT2D eigenvalue weighted by atomic mass is 10.1. The molecule has 0 aliphatic rings. The van der Waals surface area contributed by atoms with E-state index in [4.69, 9.17) is 11.6 Å². The molecule has 0 saturated carbocycles. The van der Waals surface area contributed by atoms with Gasteiger partial charge < -0.3 is 0 Å². The zero-order valence-electron chi connectivity index (χ0n) is 10.3. The van der Waals surface area contributed by atoms with Gasteiger partial charge in [0.25, 0.3) is 0 Å². The van der Waals surface area contributed by atoms with Gasteiger partial charge in [0.15, 0.2) is 5.82 Å². The van der Waals surface area contributed by atoms with Crippen molar-refractivity contribution < 1.29 is 0 Å². The van der Waals surface area contributed by atoms with Gasteiger partial charge in [0, 0.05) is 18.3 Å². The topological polar surface area (TPSA) is 30.7 Å². The van der Waals surface area contributed by atoms with Crippen molar-refractivity contribution in [3.63, 3.8) is 0 Å². The lowest BCUT2D eigenvalue weighted by Gasteiger charge is -2.06. The van der Waals surface area contributed by atoms with Crippen LogP contribution in [0.5, 0.6) is 0 Å². The Morgan fingerprint density at radius 3 is 2.71 bits per heavy atom. The molecule has 17 heavy (non-hydrogen) atoms. The van der Waals surface area contributed by atoms with E-state index >= 15 is 0 Å². The highest BCUT2D eigenvalue weighted by atomic mass is 35.5. The number of pyridine rings is 1. The minimum Gasteiger partial charge on any atom is -0.237 e. The van der Waals surface area contributed by atoms with Gasteiger partial charge in [0.2, 0.25) is 0 Å². The number of hydrogen-bond acceptors (Lipinski definition) is 2. The highest BCUT2D eigenvalue weighted by molar-refractivity contribution is 6.17. The summed E-state index contributed by atoms with van der Waals surface area (Å²) < 4.78 is 1.82. The van der Waals surface area contributed by atoms with Gasteiger partial charge in [-0.15, -0.1) is 11.6 Å². The second-order valence-electron chi connectivity index (χ2n) is 4.46. The number of aromatic nitrogens is 3. The minimum atomic E-state index is 0.429. The summed E-state index contributed by atoms with van der Waals surface area (Å²) in [4.78, 5) is 4.41. The van der Waals surface area contributed by atoms with Crippen LogP contribution in [0.25, 0.3) is 5.82 Å². The van der Waals surface area contributed by atoms with Crippen LogP contribution in [-0.4, -0.2) is 14.8 Å². The van der Waals surface area contributed by atoms with Crippen LogP contribution >= 0.6 is 11.6 Å². The summed E-state index contributed by atoms with van der Waals surface area (Å²) in [5, 5.41) is 4.52. The first-order chi connectivity index (χ1) is 8.11. The zero-order chi connectivity index (χ0) is 12.4. The average molecular weight is 250 g/mol. The summed E-state index contributed by atoms with van der Waals surface area (Å²) in [7, 11) is 0. The molecule has 0 saturated heterocycles. The first kappa shape index (κ1) is 12.1. The van der Waals surface area contributed by atoms with Gasteiger partial charge in [0.1, 0.15) is 0 Å². The molecular weight excluding hydrogens is 234 g/mol. The minimum absolute atomic E-state index is 0.429. The molecule has 0 spiro atoms. The quantitative estimate of drug-likeness (QED) is 0.781. The third kappa shape index (κ3) is 2.50. The average Bonchev–Trinajstić information content (AvgIpc) is 2.78. The van der Waals surface area contributed by atoms with Gasteiger partial charge in [-0.2, -0.15) is 5.10 Å². The third-order valence-electron chi connectivity index (χ3n) is 2.68.